The largest absolute Gasteiger partial charge is 0.493 e. The van der Waals surface area contributed by atoms with Gasteiger partial charge in [0, 0.05) is 44.0 Å². The highest BCUT2D eigenvalue weighted by Gasteiger charge is 2.37. The van der Waals surface area contributed by atoms with Crippen molar-refractivity contribution >= 4 is 12.9 Å². The average molecular weight is 492 g/mol. The zero-order valence-corrected chi connectivity index (χ0v) is 22.4. The lowest BCUT2D eigenvalue weighted by Crippen LogP contribution is -2.36. The van der Waals surface area contributed by atoms with Crippen LogP contribution in [0, 0.1) is 12.3 Å². The summed E-state index contributed by atoms with van der Waals surface area (Å²) < 4.78 is 37.7. The third kappa shape index (κ3) is 5.49. The van der Waals surface area contributed by atoms with E-state index in [2.05, 4.69) is 37.5 Å². The summed E-state index contributed by atoms with van der Waals surface area (Å²) in [5.41, 5.74) is 3.48. The fourth-order valence-corrected chi connectivity index (χ4v) is 6.08. The second-order valence-electron chi connectivity index (χ2n) is 9.70. The summed E-state index contributed by atoms with van der Waals surface area (Å²) >= 11 is 0. The second-order valence-corrected chi connectivity index (χ2v) is 11.7. The molecule has 1 atom stereocenters. The Balaban J connectivity index is 2.15. The summed E-state index contributed by atoms with van der Waals surface area (Å²) in [6.07, 6.45) is 3.28. The molecule has 0 radical (unpaired) electrons. The maximum Gasteiger partial charge on any atom is 0.366 e. The highest BCUT2D eigenvalue weighted by atomic mass is 31.2. The molecule has 3 rings (SSSR count). The van der Waals surface area contributed by atoms with E-state index < -0.39 is 7.60 Å². The Labute approximate surface area is 202 Å². The predicted molar refractivity (Wildman–Crippen MR) is 136 cm³/mol. The first-order valence-corrected chi connectivity index (χ1v) is 13.5. The number of pyridine rings is 1. The van der Waals surface area contributed by atoms with Gasteiger partial charge < -0.3 is 23.1 Å². The third-order valence-corrected chi connectivity index (χ3v) is 8.25. The van der Waals surface area contributed by atoms with Crippen LogP contribution in [0.2, 0.25) is 0 Å². The van der Waals surface area contributed by atoms with E-state index in [1.165, 1.54) is 0 Å². The van der Waals surface area contributed by atoms with Crippen LogP contribution in [0.5, 0.6) is 5.75 Å². The number of ether oxygens (including phenoxy) is 2. The van der Waals surface area contributed by atoms with Gasteiger partial charge in [-0.3, -0.25) is 9.36 Å². The van der Waals surface area contributed by atoms with E-state index in [-0.39, 0.29) is 35.4 Å². The Morgan fingerprint density at radius 3 is 2.35 bits per heavy atom. The van der Waals surface area contributed by atoms with E-state index in [4.69, 9.17) is 18.5 Å². The Morgan fingerprint density at radius 1 is 1.09 bits per heavy atom. The van der Waals surface area contributed by atoms with Crippen molar-refractivity contribution in [3.8, 4) is 17.0 Å². The van der Waals surface area contributed by atoms with E-state index in [0.717, 1.165) is 41.0 Å². The van der Waals surface area contributed by atoms with Crippen molar-refractivity contribution in [1.82, 2.24) is 4.57 Å². The van der Waals surface area contributed by atoms with Crippen LogP contribution in [0.3, 0.4) is 0 Å². The van der Waals surface area contributed by atoms with Crippen LogP contribution in [0.25, 0.3) is 11.3 Å². The Hall–Kier alpha value is -1.92. The van der Waals surface area contributed by atoms with E-state index in [1.807, 2.05) is 6.92 Å². The molecule has 0 amide bonds. The Bertz CT molecular complexity index is 1110. The number of benzene rings is 1. The van der Waals surface area contributed by atoms with Crippen LogP contribution >= 0.6 is 7.60 Å². The maximum atomic E-state index is 13.5. The molecular weight excluding hydrogens is 453 g/mol. The number of aryl methyl sites for hydroxylation is 1. The number of hydrogen-bond acceptors (Lipinski definition) is 6. The van der Waals surface area contributed by atoms with Crippen LogP contribution in [-0.4, -0.2) is 38.1 Å². The lowest BCUT2D eigenvalue weighted by atomic mass is 9.78. The molecule has 0 spiro atoms. The van der Waals surface area contributed by atoms with Crippen molar-refractivity contribution in [3.05, 3.63) is 45.7 Å². The van der Waals surface area contributed by atoms with Crippen molar-refractivity contribution < 1.29 is 23.1 Å². The Kier molecular flexibility index (Phi) is 8.46. The number of aromatic nitrogens is 1. The molecule has 0 saturated carbocycles. The molecule has 188 valence electrons. The van der Waals surface area contributed by atoms with Crippen molar-refractivity contribution in [2.24, 2.45) is 5.41 Å². The molecule has 1 aliphatic heterocycles. The fourth-order valence-electron chi connectivity index (χ4n) is 4.44. The maximum absolute atomic E-state index is 13.5. The zero-order chi connectivity index (χ0) is 25.1. The number of nitrogens with zero attached hydrogens (tertiary/aromatic N) is 1. The van der Waals surface area contributed by atoms with E-state index in [0.29, 0.717) is 13.2 Å². The first-order chi connectivity index (χ1) is 16.1. The molecule has 34 heavy (non-hydrogen) atoms. The summed E-state index contributed by atoms with van der Waals surface area (Å²) in [6.45, 7) is 13.6. The second kappa shape index (κ2) is 10.8. The van der Waals surface area contributed by atoms with Crippen LogP contribution in [0.4, 0.5) is 0 Å². The highest BCUT2D eigenvalue weighted by molar-refractivity contribution is 7.62. The number of fused-ring (bicyclic) bond motifs is 3. The Morgan fingerprint density at radius 2 is 1.76 bits per heavy atom. The molecule has 1 aromatic heterocycles. The minimum atomic E-state index is -3.72. The molecule has 1 unspecified atom stereocenters. The molecule has 1 aromatic carbocycles. The lowest BCUT2D eigenvalue weighted by molar-refractivity contribution is 0.172. The minimum Gasteiger partial charge on any atom is -0.493 e. The average Bonchev–Trinajstić information content (AvgIpc) is 2.76. The topological polar surface area (TPSA) is 76.0 Å². The molecule has 0 N–H and O–H groups in total. The van der Waals surface area contributed by atoms with Gasteiger partial charge in [-0.05, 0) is 55.9 Å². The van der Waals surface area contributed by atoms with E-state index in [9.17, 15) is 9.36 Å². The SMILES string of the molecule is CCOP(=O)(OCC)c1cn2c(cc1=O)-c1cc(C)c(OCCCOC)cc1CC2C(C)(C)C. The lowest BCUT2D eigenvalue weighted by Gasteiger charge is -2.39. The van der Waals surface area contributed by atoms with E-state index >= 15 is 0 Å². The first-order valence-electron chi connectivity index (χ1n) is 12.0. The number of methoxy groups -OCH3 is 1. The van der Waals surface area contributed by atoms with Gasteiger partial charge in [-0.25, -0.2) is 0 Å². The molecule has 2 aromatic rings. The summed E-state index contributed by atoms with van der Waals surface area (Å²) in [5.74, 6) is 0.854. The zero-order valence-electron chi connectivity index (χ0n) is 21.5. The molecule has 1 aliphatic rings. The van der Waals surface area contributed by atoms with Crippen LogP contribution < -0.4 is 15.5 Å². The molecule has 7 nitrogen and oxygen atoms in total. The van der Waals surface area contributed by atoms with Gasteiger partial charge in [0.05, 0.1) is 25.5 Å². The third-order valence-electron chi connectivity index (χ3n) is 6.13. The fraction of sp³-hybridized carbons (Fsp3) is 0.577. The summed E-state index contributed by atoms with van der Waals surface area (Å²) in [7, 11) is -2.03. The first kappa shape index (κ1) is 26.7. The predicted octanol–water partition coefficient (Wildman–Crippen LogP) is 5.27. The van der Waals surface area contributed by atoms with Gasteiger partial charge in [-0.1, -0.05) is 20.8 Å². The molecule has 0 aliphatic carbocycles. The standard InChI is InChI=1S/C26H38NO6P/c1-8-32-34(29,33-9-2)24-17-27-21(16-22(24)28)20-13-18(3)23(31-12-10-11-30-7)14-19(20)15-25(27)26(4,5)6/h13-14,16-17,25H,8-12,15H2,1-7H3. The minimum absolute atomic E-state index is 0.0371. The molecule has 8 heteroatoms. The van der Waals surface area contributed by atoms with Crippen LogP contribution in [0.1, 0.15) is 58.2 Å². The van der Waals surface area contributed by atoms with Gasteiger partial charge in [-0.2, -0.15) is 0 Å². The highest BCUT2D eigenvalue weighted by Crippen LogP contribution is 2.48. The van der Waals surface area contributed by atoms with Crippen molar-refractivity contribution in [1.29, 1.82) is 0 Å². The van der Waals surface area contributed by atoms with Gasteiger partial charge >= 0.3 is 7.60 Å². The molecule has 0 bridgehead atoms. The summed E-state index contributed by atoms with van der Waals surface area (Å²) in [4.78, 5) is 13.2. The summed E-state index contributed by atoms with van der Waals surface area (Å²) in [6, 6.07) is 5.80. The monoisotopic (exact) mass is 491 g/mol. The van der Waals surface area contributed by atoms with Crippen molar-refractivity contribution in [2.45, 2.75) is 60.4 Å². The molecule has 2 heterocycles. The smallest absolute Gasteiger partial charge is 0.366 e. The quantitative estimate of drug-likeness (QED) is 0.333. The van der Waals surface area contributed by atoms with Crippen molar-refractivity contribution in [3.63, 3.8) is 0 Å². The normalized spacial score (nSPS) is 15.7. The van der Waals surface area contributed by atoms with Gasteiger partial charge in [-0.15, -0.1) is 0 Å². The molecule has 0 fully saturated rings. The van der Waals surface area contributed by atoms with Gasteiger partial charge in [0.15, 0.2) is 5.43 Å². The summed E-state index contributed by atoms with van der Waals surface area (Å²) in [5, 5.41) is 0.0902. The number of hydrogen-bond donors (Lipinski definition) is 0. The number of rotatable bonds is 10. The van der Waals surface area contributed by atoms with E-state index in [1.54, 1.807) is 33.2 Å². The van der Waals surface area contributed by atoms with Gasteiger partial charge in [0.2, 0.25) is 0 Å². The van der Waals surface area contributed by atoms with Gasteiger partial charge in [0.1, 0.15) is 11.1 Å². The molecular formula is C26H38NO6P. The van der Waals surface area contributed by atoms with Crippen LogP contribution in [-0.2, 0) is 24.8 Å². The van der Waals surface area contributed by atoms with Crippen LogP contribution in [0.15, 0.2) is 29.2 Å². The molecule has 0 saturated heterocycles. The van der Waals surface area contributed by atoms with Crippen molar-refractivity contribution in [2.75, 3.05) is 33.5 Å². The van der Waals surface area contributed by atoms with Gasteiger partial charge in [0.25, 0.3) is 0 Å².